The summed E-state index contributed by atoms with van der Waals surface area (Å²) in [5, 5.41) is 3.49. The lowest BCUT2D eigenvalue weighted by Crippen LogP contribution is -2.48. The number of rotatable bonds is 2. The fourth-order valence-corrected chi connectivity index (χ4v) is 1.56. The van der Waals surface area contributed by atoms with Crippen LogP contribution in [-0.2, 0) is 0 Å². The van der Waals surface area contributed by atoms with E-state index in [1.807, 2.05) is 12.2 Å². The van der Waals surface area contributed by atoms with Crippen LogP contribution in [0.3, 0.4) is 0 Å². The highest BCUT2D eigenvalue weighted by molar-refractivity contribution is 7.80. The molecule has 12 heavy (non-hydrogen) atoms. The van der Waals surface area contributed by atoms with Gasteiger partial charge in [0.2, 0.25) is 0 Å². The van der Waals surface area contributed by atoms with E-state index in [-0.39, 0.29) is 5.54 Å². The van der Waals surface area contributed by atoms with Gasteiger partial charge in [0.25, 0.3) is 0 Å². The molecule has 0 amide bonds. The molecule has 0 saturated carbocycles. The fourth-order valence-electron chi connectivity index (χ4n) is 1.35. The largest absolute Gasteiger partial charge is 0.376 e. The van der Waals surface area contributed by atoms with E-state index >= 15 is 0 Å². The first-order valence-corrected chi connectivity index (χ1v) is 4.51. The van der Waals surface area contributed by atoms with Gasteiger partial charge >= 0.3 is 0 Å². The third-order valence-electron chi connectivity index (χ3n) is 2.15. The van der Waals surface area contributed by atoms with Gasteiger partial charge in [0.05, 0.1) is 5.54 Å². The summed E-state index contributed by atoms with van der Waals surface area (Å²) in [5.41, 5.74) is 5.41. The van der Waals surface area contributed by atoms with Gasteiger partial charge in [0, 0.05) is 0 Å². The second-order valence-electron chi connectivity index (χ2n) is 2.99. The summed E-state index contributed by atoms with van der Waals surface area (Å²) >= 11 is 4.82. The van der Waals surface area contributed by atoms with Gasteiger partial charge in [-0.15, -0.1) is 0 Å². The molecule has 0 aromatic rings. The molecule has 0 saturated heterocycles. The lowest BCUT2D eigenvalue weighted by molar-refractivity contribution is 0.459. The van der Waals surface area contributed by atoms with Crippen molar-refractivity contribution >= 4 is 17.3 Å². The van der Waals surface area contributed by atoms with E-state index in [2.05, 4.69) is 24.4 Å². The standard InChI is InChI=1S/C9H14N2S/c1-2-9(11-8(10)12)6-4-3-5-7-9/h3-6H,2,7H2,1H3,(H3,10,11,12)/t9-/m1/s1. The van der Waals surface area contributed by atoms with Crippen molar-refractivity contribution in [3.8, 4) is 0 Å². The predicted molar refractivity (Wildman–Crippen MR) is 55.8 cm³/mol. The van der Waals surface area contributed by atoms with Crippen LogP contribution in [0, 0.1) is 0 Å². The Kier molecular flexibility index (Phi) is 2.87. The van der Waals surface area contributed by atoms with Crippen molar-refractivity contribution in [2.45, 2.75) is 25.3 Å². The van der Waals surface area contributed by atoms with Gasteiger partial charge in [0.1, 0.15) is 0 Å². The number of allylic oxidation sites excluding steroid dienone is 2. The molecule has 1 atom stereocenters. The summed E-state index contributed by atoms with van der Waals surface area (Å²) in [6.07, 6.45) is 10.2. The lowest BCUT2D eigenvalue weighted by atomic mass is 9.89. The molecule has 0 aromatic heterocycles. The first kappa shape index (κ1) is 9.26. The van der Waals surface area contributed by atoms with Gasteiger partial charge < -0.3 is 11.1 Å². The van der Waals surface area contributed by atoms with Crippen molar-refractivity contribution in [1.29, 1.82) is 0 Å². The molecule has 0 spiro atoms. The molecule has 0 bridgehead atoms. The minimum Gasteiger partial charge on any atom is -0.376 e. The van der Waals surface area contributed by atoms with Gasteiger partial charge in [-0.05, 0) is 25.1 Å². The molecule has 3 N–H and O–H groups in total. The van der Waals surface area contributed by atoms with E-state index in [1.165, 1.54) is 0 Å². The maximum atomic E-state index is 5.45. The molecular weight excluding hydrogens is 168 g/mol. The van der Waals surface area contributed by atoms with Crippen molar-refractivity contribution in [3.05, 3.63) is 24.3 Å². The van der Waals surface area contributed by atoms with Gasteiger partial charge in [-0.3, -0.25) is 0 Å². The molecule has 2 nitrogen and oxygen atoms in total. The summed E-state index contributed by atoms with van der Waals surface area (Å²) in [4.78, 5) is 0. The van der Waals surface area contributed by atoms with E-state index < -0.39 is 0 Å². The van der Waals surface area contributed by atoms with Crippen molar-refractivity contribution in [2.24, 2.45) is 5.73 Å². The van der Waals surface area contributed by atoms with Crippen molar-refractivity contribution in [2.75, 3.05) is 0 Å². The first-order chi connectivity index (χ1) is 5.68. The quantitative estimate of drug-likeness (QED) is 0.635. The van der Waals surface area contributed by atoms with E-state index in [0.717, 1.165) is 12.8 Å². The Morgan fingerprint density at radius 1 is 1.67 bits per heavy atom. The first-order valence-electron chi connectivity index (χ1n) is 4.10. The highest BCUT2D eigenvalue weighted by atomic mass is 32.1. The minimum absolute atomic E-state index is 0.0411. The molecule has 0 fully saturated rings. The summed E-state index contributed by atoms with van der Waals surface area (Å²) in [5.74, 6) is 0. The Hall–Kier alpha value is -0.830. The monoisotopic (exact) mass is 182 g/mol. The Bertz CT molecular complexity index is 233. The SMILES string of the molecule is CC[C@@]1(NC(N)=S)C=CC=CC1. The van der Waals surface area contributed by atoms with Crippen LogP contribution < -0.4 is 11.1 Å². The average molecular weight is 182 g/mol. The summed E-state index contributed by atoms with van der Waals surface area (Å²) in [7, 11) is 0. The zero-order chi connectivity index (χ0) is 9.03. The number of hydrogen-bond donors (Lipinski definition) is 2. The number of thiocarbonyl (C=S) groups is 1. The molecule has 0 heterocycles. The lowest BCUT2D eigenvalue weighted by Gasteiger charge is -2.31. The van der Waals surface area contributed by atoms with Crippen LogP contribution in [0.2, 0.25) is 0 Å². The van der Waals surface area contributed by atoms with Crippen LogP contribution in [-0.4, -0.2) is 10.7 Å². The van der Waals surface area contributed by atoms with Crippen LogP contribution in [0.5, 0.6) is 0 Å². The van der Waals surface area contributed by atoms with E-state index in [9.17, 15) is 0 Å². The molecular formula is C9H14N2S. The van der Waals surface area contributed by atoms with Crippen molar-refractivity contribution < 1.29 is 0 Å². The average Bonchev–Trinajstić information content (AvgIpc) is 2.05. The van der Waals surface area contributed by atoms with Crippen LogP contribution in [0.4, 0.5) is 0 Å². The zero-order valence-electron chi connectivity index (χ0n) is 7.21. The third kappa shape index (κ3) is 2.08. The Labute approximate surface area is 78.5 Å². The van der Waals surface area contributed by atoms with Gasteiger partial charge in [-0.2, -0.15) is 0 Å². The molecule has 1 aliphatic rings. The Morgan fingerprint density at radius 3 is 2.83 bits per heavy atom. The van der Waals surface area contributed by atoms with Crippen LogP contribution in [0.1, 0.15) is 19.8 Å². The van der Waals surface area contributed by atoms with E-state index in [4.69, 9.17) is 18.0 Å². The third-order valence-corrected chi connectivity index (χ3v) is 2.25. The van der Waals surface area contributed by atoms with Crippen molar-refractivity contribution in [1.82, 2.24) is 5.32 Å². The number of nitrogens with one attached hydrogen (secondary N) is 1. The molecule has 66 valence electrons. The Balaban J connectivity index is 2.69. The molecule has 1 rings (SSSR count). The van der Waals surface area contributed by atoms with Crippen molar-refractivity contribution in [3.63, 3.8) is 0 Å². The van der Waals surface area contributed by atoms with E-state index in [1.54, 1.807) is 0 Å². The van der Waals surface area contributed by atoms with Crippen LogP contribution in [0.15, 0.2) is 24.3 Å². The van der Waals surface area contributed by atoms with Gasteiger partial charge in [0.15, 0.2) is 5.11 Å². The normalized spacial score (nSPS) is 27.1. The topological polar surface area (TPSA) is 38.0 Å². The highest BCUT2D eigenvalue weighted by Crippen LogP contribution is 2.20. The van der Waals surface area contributed by atoms with Gasteiger partial charge in [-0.1, -0.05) is 31.2 Å². The summed E-state index contributed by atoms with van der Waals surface area (Å²) in [6.45, 7) is 2.12. The van der Waals surface area contributed by atoms with Crippen LogP contribution >= 0.6 is 12.2 Å². The second-order valence-corrected chi connectivity index (χ2v) is 3.43. The number of hydrogen-bond acceptors (Lipinski definition) is 1. The molecule has 3 heteroatoms. The molecule has 1 aliphatic carbocycles. The summed E-state index contributed by atoms with van der Waals surface area (Å²) < 4.78 is 0. The van der Waals surface area contributed by atoms with Crippen LogP contribution in [0.25, 0.3) is 0 Å². The zero-order valence-corrected chi connectivity index (χ0v) is 8.03. The van der Waals surface area contributed by atoms with E-state index in [0.29, 0.717) is 5.11 Å². The predicted octanol–water partition coefficient (Wildman–Crippen LogP) is 1.48. The maximum Gasteiger partial charge on any atom is 0.164 e. The molecule has 0 radical (unpaired) electrons. The maximum absolute atomic E-state index is 5.45. The second kappa shape index (κ2) is 3.72. The smallest absolute Gasteiger partial charge is 0.164 e. The van der Waals surface area contributed by atoms with Gasteiger partial charge in [-0.25, -0.2) is 0 Å². The minimum atomic E-state index is -0.0411. The fraction of sp³-hybridized carbons (Fsp3) is 0.444. The summed E-state index contributed by atoms with van der Waals surface area (Å²) in [6, 6.07) is 0. The Morgan fingerprint density at radius 2 is 2.42 bits per heavy atom. The number of nitrogens with two attached hydrogens (primary N) is 1. The molecule has 0 aromatic carbocycles. The molecule has 0 unspecified atom stereocenters. The molecule has 0 aliphatic heterocycles. The highest BCUT2D eigenvalue weighted by Gasteiger charge is 2.24.